The number of aromatic amines is 1. The molecule has 2 aliphatic rings. The molecular weight excluding hydrogens is 448 g/mol. The smallest absolute Gasteiger partial charge is 0.255 e. The minimum Gasteiger partial charge on any atom is -0.349 e. The third-order valence-electron chi connectivity index (χ3n) is 6.19. The van der Waals surface area contributed by atoms with Crippen molar-refractivity contribution >= 4 is 40.0 Å². The molecule has 0 aliphatic heterocycles. The largest absolute Gasteiger partial charge is 0.349 e. The summed E-state index contributed by atoms with van der Waals surface area (Å²) in [5.41, 5.74) is 4.47. The average Bonchev–Trinajstić information content (AvgIpc) is 3.44. The minimum atomic E-state index is -0.180. The molecule has 5 rings (SSSR count). The fourth-order valence-corrected chi connectivity index (χ4v) is 4.45. The number of allylic oxidation sites excluding steroid dienone is 5. The standard InChI is InChI=1S/C27H25ClN4O2/c28-20-12-8-18(9-13-20)26(33)30-22-7-3-4-17(10-14-22)25-31-23-15-11-19(16-24(23)32-25)27(34)29-21-5-1-2-6-21/h3-4,8-16,21H,1-2,5-7H2,(H,29,34)(H,30,33)(H,31,32). The van der Waals surface area contributed by atoms with Crippen LogP contribution in [0.5, 0.6) is 0 Å². The highest BCUT2D eigenvalue weighted by Gasteiger charge is 2.18. The van der Waals surface area contributed by atoms with E-state index in [2.05, 4.69) is 20.6 Å². The van der Waals surface area contributed by atoms with Gasteiger partial charge in [-0.2, -0.15) is 0 Å². The van der Waals surface area contributed by atoms with E-state index in [1.807, 2.05) is 42.5 Å². The first-order chi connectivity index (χ1) is 16.5. The highest BCUT2D eigenvalue weighted by Crippen LogP contribution is 2.23. The van der Waals surface area contributed by atoms with Crippen molar-refractivity contribution < 1.29 is 9.59 Å². The molecule has 3 aromatic rings. The van der Waals surface area contributed by atoms with E-state index in [0.29, 0.717) is 28.4 Å². The van der Waals surface area contributed by atoms with Crippen LogP contribution in [-0.4, -0.2) is 27.8 Å². The summed E-state index contributed by atoms with van der Waals surface area (Å²) in [6, 6.07) is 12.6. The maximum absolute atomic E-state index is 12.6. The Balaban J connectivity index is 1.31. The van der Waals surface area contributed by atoms with Crippen LogP contribution >= 0.6 is 11.6 Å². The van der Waals surface area contributed by atoms with Gasteiger partial charge in [0.25, 0.3) is 11.8 Å². The van der Waals surface area contributed by atoms with Crippen LogP contribution in [0.3, 0.4) is 0 Å². The lowest BCUT2D eigenvalue weighted by Crippen LogP contribution is -2.32. The summed E-state index contributed by atoms with van der Waals surface area (Å²) in [6.07, 6.45) is 12.8. The van der Waals surface area contributed by atoms with Gasteiger partial charge in [-0.1, -0.05) is 36.6 Å². The number of halogens is 1. The summed E-state index contributed by atoms with van der Waals surface area (Å²) < 4.78 is 0. The summed E-state index contributed by atoms with van der Waals surface area (Å²) >= 11 is 5.90. The number of carbonyl (C=O) groups is 2. The van der Waals surface area contributed by atoms with E-state index in [4.69, 9.17) is 11.6 Å². The molecule has 1 saturated carbocycles. The molecule has 3 N–H and O–H groups in total. The molecule has 0 atom stereocenters. The number of hydrogen-bond acceptors (Lipinski definition) is 3. The predicted molar refractivity (Wildman–Crippen MR) is 135 cm³/mol. The lowest BCUT2D eigenvalue weighted by atomic mass is 10.1. The molecule has 0 unspecified atom stereocenters. The Kier molecular flexibility index (Phi) is 6.32. The van der Waals surface area contributed by atoms with E-state index >= 15 is 0 Å². The molecule has 7 heteroatoms. The number of hydrogen-bond donors (Lipinski definition) is 3. The number of nitrogens with zero attached hydrogens (tertiary/aromatic N) is 1. The van der Waals surface area contributed by atoms with Gasteiger partial charge in [-0.25, -0.2) is 4.98 Å². The van der Waals surface area contributed by atoms with Crippen molar-refractivity contribution in [1.29, 1.82) is 0 Å². The Bertz CT molecular complexity index is 1330. The number of benzene rings is 2. The number of aromatic nitrogens is 2. The second kappa shape index (κ2) is 9.69. The number of H-pyrrole nitrogens is 1. The summed E-state index contributed by atoms with van der Waals surface area (Å²) in [5, 5.41) is 6.67. The fourth-order valence-electron chi connectivity index (χ4n) is 4.32. The summed E-state index contributed by atoms with van der Waals surface area (Å²) in [7, 11) is 0. The van der Waals surface area contributed by atoms with Gasteiger partial charge in [0.2, 0.25) is 0 Å². The van der Waals surface area contributed by atoms with Gasteiger partial charge < -0.3 is 15.6 Å². The predicted octanol–water partition coefficient (Wildman–Crippen LogP) is 5.55. The van der Waals surface area contributed by atoms with E-state index in [1.165, 1.54) is 12.8 Å². The lowest BCUT2D eigenvalue weighted by Gasteiger charge is -2.11. The first kappa shape index (κ1) is 22.2. The van der Waals surface area contributed by atoms with Gasteiger partial charge in [-0.05, 0) is 67.5 Å². The molecule has 172 valence electrons. The van der Waals surface area contributed by atoms with Crippen molar-refractivity contribution in [1.82, 2.24) is 20.6 Å². The number of carbonyl (C=O) groups excluding carboxylic acids is 2. The second-order valence-corrected chi connectivity index (χ2v) is 9.09. The van der Waals surface area contributed by atoms with Crippen molar-refractivity contribution in [3.63, 3.8) is 0 Å². The van der Waals surface area contributed by atoms with E-state index < -0.39 is 0 Å². The second-order valence-electron chi connectivity index (χ2n) is 8.65. The SMILES string of the molecule is O=C(NC1=CC=C(c2nc3ccc(C(=O)NC4CCCC4)cc3[nH]2)C=CC1)c1ccc(Cl)cc1. The zero-order valence-corrected chi connectivity index (χ0v) is 19.4. The van der Waals surface area contributed by atoms with Gasteiger partial charge in [0, 0.05) is 39.9 Å². The number of imidazole rings is 1. The quantitative estimate of drug-likeness (QED) is 0.455. The zero-order valence-electron chi connectivity index (χ0n) is 18.6. The van der Waals surface area contributed by atoms with Crippen LogP contribution in [0, 0.1) is 0 Å². The molecule has 34 heavy (non-hydrogen) atoms. The molecule has 2 aliphatic carbocycles. The average molecular weight is 473 g/mol. The van der Waals surface area contributed by atoms with Gasteiger partial charge >= 0.3 is 0 Å². The molecule has 0 spiro atoms. The number of amides is 2. The monoisotopic (exact) mass is 472 g/mol. The first-order valence-electron chi connectivity index (χ1n) is 11.5. The Morgan fingerprint density at radius 3 is 2.53 bits per heavy atom. The molecule has 1 fully saturated rings. The first-order valence-corrected chi connectivity index (χ1v) is 11.9. The van der Waals surface area contributed by atoms with E-state index in [-0.39, 0.29) is 17.9 Å². The van der Waals surface area contributed by atoms with Crippen LogP contribution in [0.15, 0.2) is 72.5 Å². The maximum atomic E-state index is 12.6. The van der Waals surface area contributed by atoms with Crippen molar-refractivity contribution in [2.45, 2.75) is 38.1 Å². The van der Waals surface area contributed by atoms with Gasteiger partial charge in [0.1, 0.15) is 5.82 Å². The molecular formula is C27H25ClN4O2. The van der Waals surface area contributed by atoms with Crippen molar-refractivity contribution in [3.8, 4) is 0 Å². The summed E-state index contributed by atoms with van der Waals surface area (Å²) in [5.74, 6) is 0.490. The number of fused-ring (bicyclic) bond motifs is 1. The molecule has 0 saturated heterocycles. The molecule has 6 nitrogen and oxygen atoms in total. The topological polar surface area (TPSA) is 86.9 Å². The highest BCUT2D eigenvalue weighted by molar-refractivity contribution is 6.30. The molecule has 1 aromatic heterocycles. The van der Waals surface area contributed by atoms with Crippen molar-refractivity contribution in [2.24, 2.45) is 0 Å². The summed E-state index contributed by atoms with van der Waals surface area (Å²) in [6.45, 7) is 0. The normalized spacial score (nSPS) is 16.1. The Morgan fingerprint density at radius 2 is 1.74 bits per heavy atom. The summed E-state index contributed by atoms with van der Waals surface area (Å²) in [4.78, 5) is 33.2. The molecule has 0 bridgehead atoms. The van der Waals surface area contributed by atoms with Crippen molar-refractivity contribution in [2.75, 3.05) is 0 Å². The third kappa shape index (κ3) is 4.97. The van der Waals surface area contributed by atoms with Gasteiger partial charge in [-0.15, -0.1) is 0 Å². The van der Waals surface area contributed by atoms with Crippen LogP contribution in [0.2, 0.25) is 5.02 Å². The Labute approximate surface area is 202 Å². The Morgan fingerprint density at radius 1 is 0.971 bits per heavy atom. The van der Waals surface area contributed by atoms with Crippen LogP contribution in [0.25, 0.3) is 16.6 Å². The van der Waals surface area contributed by atoms with Crippen LogP contribution < -0.4 is 10.6 Å². The fraction of sp³-hybridized carbons (Fsp3) is 0.222. The molecule has 2 aromatic carbocycles. The molecule has 2 amide bonds. The van der Waals surface area contributed by atoms with E-state index in [9.17, 15) is 9.59 Å². The van der Waals surface area contributed by atoms with Gasteiger partial charge in [0.15, 0.2) is 0 Å². The minimum absolute atomic E-state index is 0.0393. The van der Waals surface area contributed by atoms with E-state index in [1.54, 1.807) is 24.3 Å². The van der Waals surface area contributed by atoms with Gasteiger partial charge in [0.05, 0.1) is 11.0 Å². The molecule has 0 radical (unpaired) electrons. The maximum Gasteiger partial charge on any atom is 0.255 e. The van der Waals surface area contributed by atoms with Crippen LogP contribution in [0.1, 0.15) is 58.6 Å². The molecule has 1 heterocycles. The highest BCUT2D eigenvalue weighted by atomic mass is 35.5. The number of rotatable bonds is 5. The van der Waals surface area contributed by atoms with Gasteiger partial charge in [-0.3, -0.25) is 9.59 Å². The van der Waals surface area contributed by atoms with Crippen molar-refractivity contribution in [3.05, 3.63) is 94.4 Å². The van der Waals surface area contributed by atoms with Crippen LogP contribution in [0.4, 0.5) is 0 Å². The van der Waals surface area contributed by atoms with Crippen LogP contribution in [-0.2, 0) is 0 Å². The third-order valence-corrected chi connectivity index (χ3v) is 6.44. The lowest BCUT2D eigenvalue weighted by molar-refractivity contribution is 0.0935. The Hall–Kier alpha value is -3.64. The zero-order chi connectivity index (χ0) is 23.5. The van der Waals surface area contributed by atoms with E-state index in [0.717, 1.165) is 35.1 Å². The number of nitrogens with one attached hydrogen (secondary N) is 3.